The summed E-state index contributed by atoms with van der Waals surface area (Å²) in [6, 6.07) is 1.02. The fraction of sp³-hybridized carbons (Fsp3) is 0.833. The highest BCUT2D eigenvalue weighted by Crippen LogP contribution is 2.36. The lowest BCUT2D eigenvalue weighted by Gasteiger charge is -2.25. The summed E-state index contributed by atoms with van der Waals surface area (Å²) in [7, 11) is -2.24. The van der Waals surface area contributed by atoms with E-state index in [-0.39, 0.29) is 0 Å². The van der Waals surface area contributed by atoms with E-state index in [1.165, 1.54) is 64.2 Å². The molecular formula is C24H44N2O3P+. The van der Waals surface area contributed by atoms with Crippen LogP contribution in [0.1, 0.15) is 118 Å². The van der Waals surface area contributed by atoms with Crippen LogP contribution in [-0.2, 0) is 13.6 Å². The van der Waals surface area contributed by atoms with E-state index in [1.54, 1.807) is 0 Å². The van der Waals surface area contributed by atoms with E-state index in [9.17, 15) is 4.57 Å². The summed E-state index contributed by atoms with van der Waals surface area (Å²) in [6.45, 7) is 8.35. The van der Waals surface area contributed by atoms with Crippen molar-refractivity contribution in [2.24, 2.45) is 0 Å². The third-order valence-corrected chi connectivity index (χ3v) is 7.10. The molecule has 2 rings (SSSR count). The molecule has 2 fully saturated rings. The topological polar surface area (TPSA) is 59.6 Å². The first-order valence-electron chi connectivity index (χ1n) is 12.4. The molecule has 0 saturated heterocycles. The van der Waals surface area contributed by atoms with Crippen LogP contribution in [0.15, 0.2) is 22.9 Å². The molecule has 172 valence electrons. The van der Waals surface area contributed by atoms with Crippen LogP contribution in [0.5, 0.6) is 0 Å². The molecule has 2 aliphatic rings. The zero-order valence-electron chi connectivity index (χ0n) is 19.7. The van der Waals surface area contributed by atoms with Crippen LogP contribution in [-0.4, -0.2) is 12.1 Å². The molecule has 0 bridgehead atoms. The summed E-state index contributed by atoms with van der Waals surface area (Å²) in [5.41, 5.74) is 2.16. The van der Waals surface area contributed by atoms with Crippen LogP contribution in [0.25, 0.3) is 0 Å². The first kappa shape index (κ1) is 25.0. The first-order chi connectivity index (χ1) is 14.6. The Kier molecular flexibility index (Phi) is 11.7. The van der Waals surface area contributed by atoms with E-state index in [4.69, 9.17) is 9.05 Å². The Morgan fingerprint density at radius 1 is 0.667 bits per heavy atom. The highest BCUT2D eigenvalue weighted by molar-refractivity contribution is 7.33. The summed E-state index contributed by atoms with van der Waals surface area (Å²) < 4.78 is 24.5. The van der Waals surface area contributed by atoms with Crippen molar-refractivity contribution < 1.29 is 13.6 Å². The zero-order valence-corrected chi connectivity index (χ0v) is 20.6. The second-order valence-electron chi connectivity index (χ2n) is 8.58. The molecule has 0 aromatic rings. The minimum absolute atomic E-state index is 0.509. The van der Waals surface area contributed by atoms with E-state index in [0.29, 0.717) is 24.9 Å². The number of rotatable bonds is 12. The smallest absolute Gasteiger partial charge is 0.383 e. The van der Waals surface area contributed by atoms with Gasteiger partial charge in [-0.05, 0) is 38.5 Å². The molecule has 0 spiro atoms. The Bertz CT molecular complexity index is 541. The molecule has 0 radical (unpaired) electrons. The largest absolute Gasteiger partial charge is 0.804 e. The Morgan fingerprint density at radius 3 is 1.33 bits per heavy atom. The summed E-state index contributed by atoms with van der Waals surface area (Å²) in [6.07, 6.45) is 15.7. The van der Waals surface area contributed by atoms with Gasteiger partial charge in [0.2, 0.25) is 0 Å². The molecule has 2 saturated carbocycles. The van der Waals surface area contributed by atoms with Gasteiger partial charge in [-0.15, -0.1) is 0 Å². The van der Waals surface area contributed by atoms with Crippen molar-refractivity contribution in [1.82, 2.24) is 10.6 Å². The SMILES string of the molecule is CCC(NC1CCCCC1)=C(CC)O[P+](=O)OC(CC)=C(CC)NC1CCCCC1. The lowest BCUT2D eigenvalue weighted by Crippen LogP contribution is -2.31. The Balaban J connectivity index is 2.02. The molecule has 2 N–H and O–H groups in total. The van der Waals surface area contributed by atoms with Crippen LogP contribution >= 0.6 is 8.25 Å². The van der Waals surface area contributed by atoms with Crippen molar-refractivity contribution in [3.8, 4) is 0 Å². The normalized spacial score (nSPS) is 20.7. The van der Waals surface area contributed by atoms with Gasteiger partial charge in [-0.1, -0.05) is 66.2 Å². The zero-order chi connectivity index (χ0) is 21.8. The van der Waals surface area contributed by atoms with Crippen molar-refractivity contribution in [3.63, 3.8) is 0 Å². The molecule has 0 aromatic heterocycles. The molecule has 0 heterocycles. The first-order valence-corrected chi connectivity index (χ1v) is 13.5. The second kappa shape index (κ2) is 14.0. The predicted molar refractivity (Wildman–Crippen MR) is 125 cm³/mol. The van der Waals surface area contributed by atoms with Crippen LogP contribution in [0.2, 0.25) is 0 Å². The number of allylic oxidation sites excluding steroid dienone is 4. The third-order valence-electron chi connectivity index (χ3n) is 6.36. The molecule has 0 amide bonds. The lowest BCUT2D eigenvalue weighted by atomic mass is 9.95. The summed E-state index contributed by atoms with van der Waals surface area (Å²) in [5, 5.41) is 7.33. The van der Waals surface area contributed by atoms with Crippen molar-refractivity contribution in [2.75, 3.05) is 0 Å². The fourth-order valence-electron chi connectivity index (χ4n) is 4.61. The minimum Gasteiger partial charge on any atom is -0.383 e. The van der Waals surface area contributed by atoms with Crippen molar-refractivity contribution in [1.29, 1.82) is 0 Å². The van der Waals surface area contributed by atoms with Gasteiger partial charge in [0.05, 0.1) is 11.4 Å². The maximum Gasteiger partial charge on any atom is 0.804 e. The second-order valence-corrected chi connectivity index (χ2v) is 9.39. The number of hydrogen-bond donors (Lipinski definition) is 2. The maximum absolute atomic E-state index is 12.8. The van der Waals surface area contributed by atoms with E-state index in [2.05, 4.69) is 38.3 Å². The highest BCUT2D eigenvalue weighted by atomic mass is 31.1. The fourth-order valence-corrected chi connectivity index (χ4v) is 5.49. The summed E-state index contributed by atoms with van der Waals surface area (Å²) in [4.78, 5) is 0. The Hall–Kier alpha value is -1.22. The van der Waals surface area contributed by atoms with Crippen LogP contribution < -0.4 is 10.6 Å². The average molecular weight is 440 g/mol. The molecule has 0 aliphatic heterocycles. The van der Waals surface area contributed by atoms with E-state index in [1.807, 2.05) is 0 Å². The van der Waals surface area contributed by atoms with Crippen LogP contribution in [0, 0.1) is 0 Å². The minimum atomic E-state index is -2.24. The van der Waals surface area contributed by atoms with Crippen LogP contribution in [0.3, 0.4) is 0 Å². The molecular weight excluding hydrogens is 395 g/mol. The van der Waals surface area contributed by atoms with Gasteiger partial charge in [0.25, 0.3) is 0 Å². The van der Waals surface area contributed by atoms with Crippen LogP contribution in [0.4, 0.5) is 0 Å². The molecule has 0 atom stereocenters. The van der Waals surface area contributed by atoms with Gasteiger partial charge in [-0.3, -0.25) is 0 Å². The summed E-state index contributed by atoms with van der Waals surface area (Å²) >= 11 is 0. The molecule has 6 heteroatoms. The van der Waals surface area contributed by atoms with Crippen molar-refractivity contribution in [2.45, 2.75) is 130 Å². The molecule has 2 aliphatic carbocycles. The van der Waals surface area contributed by atoms with Gasteiger partial charge in [0.15, 0.2) is 11.5 Å². The molecule has 30 heavy (non-hydrogen) atoms. The quantitative estimate of drug-likeness (QED) is 0.242. The van der Waals surface area contributed by atoms with Gasteiger partial charge in [0, 0.05) is 29.5 Å². The maximum atomic E-state index is 12.8. The van der Waals surface area contributed by atoms with E-state index >= 15 is 0 Å². The van der Waals surface area contributed by atoms with E-state index < -0.39 is 8.25 Å². The van der Waals surface area contributed by atoms with Crippen molar-refractivity contribution in [3.05, 3.63) is 22.9 Å². The van der Waals surface area contributed by atoms with Gasteiger partial charge < -0.3 is 10.6 Å². The summed E-state index contributed by atoms with van der Waals surface area (Å²) in [5.74, 6) is 1.55. The molecule has 0 aromatic carbocycles. The standard InChI is InChI=1S/C24H44N2O3P/c1-5-21(25-19-15-11-9-12-16-19)23(7-3)28-30(27)29-24(8-4)22(6-2)26-20-17-13-10-14-18-20/h19-20,25-26H,5-18H2,1-4H3/q+1. The monoisotopic (exact) mass is 439 g/mol. The molecule has 5 nitrogen and oxygen atoms in total. The van der Waals surface area contributed by atoms with E-state index in [0.717, 1.165) is 35.8 Å². The predicted octanol–water partition coefficient (Wildman–Crippen LogP) is 7.58. The van der Waals surface area contributed by atoms with Crippen molar-refractivity contribution >= 4 is 8.25 Å². The van der Waals surface area contributed by atoms with Gasteiger partial charge >= 0.3 is 8.25 Å². The average Bonchev–Trinajstić information content (AvgIpc) is 2.79. The molecule has 0 unspecified atom stereocenters. The van der Waals surface area contributed by atoms with Gasteiger partial charge in [-0.2, -0.15) is 0 Å². The Morgan fingerprint density at radius 2 is 1.03 bits per heavy atom. The lowest BCUT2D eigenvalue weighted by molar-refractivity contribution is 0.289. The van der Waals surface area contributed by atoms with Gasteiger partial charge in [-0.25, -0.2) is 9.05 Å². The highest BCUT2D eigenvalue weighted by Gasteiger charge is 2.30. The number of nitrogens with one attached hydrogen (secondary N) is 2. The van der Waals surface area contributed by atoms with Gasteiger partial charge in [0.1, 0.15) is 0 Å². The number of hydrogen-bond acceptors (Lipinski definition) is 5. The third kappa shape index (κ3) is 8.13. The Labute approximate surface area is 185 Å².